The quantitative estimate of drug-likeness (QED) is 0.681. The van der Waals surface area contributed by atoms with E-state index in [-0.39, 0.29) is 13.0 Å². The maximum absolute atomic E-state index is 11.3. The molecule has 1 heterocycles. The number of carbonyl (C=O) groups is 1. The number of nitrogens with zero attached hydrogens (tertiary/aromatic N) is 1. The van der Waals surface area contributed by atoms with E-state index >= 15 is 0 Å². The van der Waals surface area contributed by atoms with Crippen LogP contribution in [0, 0.1) is 0 Å². The average molecular weight is 249 g/mol. The van der Waals surface area contributed by atoms with Crippen LogP contribution in [0.4, 0.5) is 0 Å². The van der Waals surface area contributed by atoms with Crippen LogP contribution in [0.5, 0.6) is 0 Å². The highest BCUT2D eigenvalue weighted by Crippen LogP contribution is 2.10. The van der Waals surface area contributed by atoms with Crippen molar-refractivity contribution in [2.24, 2.45) is 0 Å². The molecule has 0 unspecified atom stereocenters. The van der Waals surface area contributed by atoms with E-state index in [1.54, 1.807) is 24.3 Å². The highest BCUT2D eigenvalue weighted by Gasteiger charge is 2.09. The van der Waals surface area contributed by atoms with E-state index in [9.17, 15) is 14.4 Å². The first-order valence-corrected chi connectivity index (χ1v) is 5.24. The van der Waals surface area contributed by atoms with Gasteiger partial charge in [-0.1, -0.05) is 24.3 Å². The monoisotopic (exact) mass is 249 g/mol. The van der Waals surface area contributed by atoms with Crippen molar-refractivity contribution >= 4 is 5.97 Å². The minimum Gasteiger partial charge on any atom is -0.481 e. The Balaban J connectivity index is 2.38. The average Bonchev–Trinajstić information content (AvgIpc) is 2.62. The Morgan fingerprint density at radius 2 is 1.67 bits per heavy atom. The van der Waals surface area contributed by atoms with E-state index in [0.29, 0.717) is 11.1 Å². The first-order valence-electron chi connectivity index (χ1n) is 5.24. The molecular formula is C11H11N3O4. The molecule has 0 fully saturated rings. The number of nitrogens with one attached hydrogen (secondary N) is 2. The van der Waals surface area contributed by atoms with E-state index in [2.05, 4.69) is 10.2 Å². The van der Waals surface area contributed by atoms with Gasteiger partial charge in [0.25, 0.3) is 0 Å². The summed E-state index contributed by atoms with van der Waals surface area (Å²) in [5.41, 5.74) is 0.111. The van der Waals surface area contributed by atoms with Crippen LogP contribution >= 0.6 is 0 Å². The molecule has 0 spiro atoms. The van der Waals surface area contributed by atoms with Gasteiger partial charge in [0.05, 0.1) is 13.0 Å². The number of hydrogen-bond acceptors (Lipinski definition) is 3. The maximum atomic E-state index is 11.3. The van der Waals surface area contributed by atoms with Crippen molar-refractivity contribution in [3.8, 4) is 0 Å². The summed E-state index contributed by atoms with van der Waals surface area (Å²) >= 11 is 0. The summed E-state index contributed by atoms with van der Waals surface area (Å²) in [6, 6.07) is 6.80. The van der Waals surface area contributed by atoms with Crippen LogP contribution in [-0.4, -0.2) is 25.8 Å². The predicted octanol–water partition coefficient (Wildman–Crippen LogP) is -0.460. The number of hydrogen-bond donors (Lipinski definition) is 3. The van der Waals surface area contributed by atoms with Crippen molar-refractivity contribution in [3.63, 3.8) is 0 Å². The van der Waals surface area contributed by atoms with Crippen molar-refractivity contribution in [1.82, 2.24) is 14.8 Å². The summed E-state index contributed by atoms with van der Waals surface area (Å²) in [5, 5.41) is 13.1. The van der Waals surface area contributed by atoms with Crippen LogP contribution in [0.1, 0.15) is 11.1 Å². The van der Waals surface area contributed by atoms with Gasteiger partial charge in [0.15, 0.2) is 0 Å². The molecule has 0 radical (unpaired) electrons. The second-order valence-electron chi connectivity index (χ2n) is 3.79. The van der Waals surface area contributed by atoms with E-state index in [0.717, 1.165) is 4.57 Å². The van der Waals surface area contributed by atoms with E-state index in [1.165, 1.54) is 0 Å². The van der Waals surface area contributed by atoms with Crippen molar-refractivity contribution in [1.29, 1.82) is 0 Å². The van der Waals surface area contributed by atoms with E-state index in [4.69, 9.17) is 5.11 Å². The standard InChI is InChI=1S/C11H11N3O4/c15-9(16)5-7-3-1-2-4-8(7)6-14-10(17)12-13-11(14)18/h1-4H,5-6H2,(H,12,17)(H,13,18)(H,15,16). The second-order valence-corrected chi connectivity index (χ2v) is 3.79. The number of benzene rings is 1. The smallest absolute Gasteiger partial charge is 0.344 e. The number of rotatable bonds is 4. The Bertz CT molecular complexity index is 652. The molecule has 7 heteroatoms. The van der Waals surface area contributed by atoms with Gasteiger partial charge in [-0.15, -0.1) is 0 Å². The summed E-state index contributed by atoms with van der Waals surface area (Å²) in [6.07, 6.45) is -0.146. The van der Waals surface area contributed by atoms with Crippen LogP contribution in [0.3, 0.4) is 0 Å². The molecule has 2 rings (SSSR count). The lowest BCUT2D eigenvalue weighted by molar-refractivity contribution is -0.136. The molecule has 0 aliphatic carbocycles. The number of carboxylic acids is 1. The SMILES string of the molecule is O=C(O)Cc1ccccc1Cn1c(=O)[nH][nH]c1=O. The van der Waals surface area contributed by atoms with Crippen LogP contribution < -0.4 is 11.4 Å². The molecule has 94 valence electrons. The van der Waals surface area contributed by atoms with Crippen LogP contribution in [0.2, 0.25) is 0 Å². The first-order chi connectivity index (χ1) is 8.58. The largest absolute Gasteiger partial charge is 0.481 e. The summed E-state index contributed by atoms with van der Waals surface area (Å²) < 4.78 is 0.973. The van der Waals surface area contributed by atoms with Gasteiger partial charge in [-0.25, -0.2) is 24.4 Å². The molecule has 0 atom stereocenters. The van der Waals surface area contributed by atoms with Gasteiger partial charge in [0, 0.05) is 0 Å². The van der Waals surface area contributed by atoms with E-state index < -0.39 is 17.3 Å². The van der Waals surface area contributed by atoms with Gasteiger partial charge in [0.2, 0.25) is 0 Å². The fraction of sp³-hybridized carbons (Fsp3) is 0.182. The molecule has 1 aromatic carbocycles. The Morgan fingerprint density at radius 1 is 1.11 bits per heavy atom. The minimum absolute atomic E-state index is 0.0428. The van der Waals surface area contributed by atoms with Crippen LogP contribution in [-0.2, 0) is 17.8 Å². The molecule has 1 aromatic heterocycles. The predicted molar refractivity (Wildman–Crippen MR) is 62.6 cm³/mol. The van der Waals surface area contributed by atoms with Gasteiger partial charge in [-0.2, -0.15) is 0 Å². The molecule has 0 saturated carbocycles. The third-order valence-electron chi connectivity index (χ3n) is 2.56. The fourth-order valence-electron chi connectivity index (χ4n) is 1.70. The summed E-state index contributed by atoms with van der Waals surface area (Å²) in [6.45, 7) is 0.0428. The number of H-pyrrole nitrogens is 2. The second kappa shape index (κ2) is 4.74. The van der Waals surface area contributed by atoms with Crippen LogP contribution in [0.15, 0.2) is 33.9 Å². The highest BCUT2D eigenvalue weighted by molar-refractivity contribution is 5.70. The molecule has 2 aromatic rings. The highest BCUT2D eigenvalue weighted by atomic mass is 16.4. The zero-order valence-electron chi connectivity index (χ0n) is 9.34. The fourth-order valence-corrected chi connectivity index (χ4v) is 1.70. The number of aromatic amines is 2. The lowest BCUT2D eigenvalue weighted by Gasteiger charge is -2.06. The van der Waals surface area contributed by atoms with Gasteiger partial charge in [0.1, 0.15) is 0 Å². The molecular weight excluding hydrogens is 238 g/mol. The molecule has 3 N–H and O–H groups in total. The molecule has 7 nitrogen and oxygen atoms in total. The molecule has 0 saturated heterocycles. The molecule has 18 heavy (non-hydrogen) atoms. The maximum Gasteiger partial charge on any atom is 0.344 e. The molecule has 0 amide bonds. The Kier molecular flexibility index (Phi) is 3.13. The zero-order valence-corrected chi connectivity index (χ0v) is 9.34. The van der Waals surface area contributed by atoms with Crippen molar-refractivity contribution < 1.29 is 9.90 Å². The minimum atomic E-state index is -0.960. The number of carboxylic acid groups (broad SMARTS) is 1. The first kappa shape index (κ1) is 11.9. The van der Waals surface area contributed by atoms with Gasteiger partial charge < -0.3 is 5.11 Å². The van der Waals surface area contributed by atoms with Crippen LogP contribution in [0.25, 0.3) is 0 Å². The normalized spacial score (nSPS) is 10.4. The third-order valence-corrected chi connectivity index (χ3v) is 2.56. The van der Waals surface area contributed by atoms with Gasteiger partial charge in [-0.05, 0) is 11.1 Å². The van der Waals surface area contributed by atoms with E-state index in [1.807, 2.05) is 0 Å². The lowest BCUT2D eigenvalue weighted by atomic mass is 10.0. The van der Waals surface area contributed by atoms with Crippen molar-refractivity contribution in [2.75, 3.05) is 0 Å². The zero-order chi connectivity index (χ0) is 13.1. The number of aliphatic carboxylic acids is 1. The summed E-state index contributed by atoms with van der Waals surface area (Å²) in [4.78, 5) is 33.4. The van der Waals surface area contributed by atoms with Gasteiger partial charge in [-0.3, -0.25) is 4.79 Å². The lowest BCUT2D eigenvalue weighted by Crippen LogP contribution is -2.27. The van der Waals surface area contributed by atoms with Crippen molar-refractivity contribution in [2.45, 2.75) is 13.0 Å². The Hall–Kier alpha value is -2.57. The molecule has 0 aliphatic rings. The Morgan fingerprint density at radius 3 is 2.22 bits per heavy atom. The third kappa shape index (κ3) is 2.40. The molecule has 0 aliphatic heterocycles. The summed E-state index contributed by atoms with van der Waals surface area (Å²) in [7, 11) is 0. The topological polar surface area (TPSA) is 108 Å². The number of aromatic nitrogens is 3. The summed E-state index contributed by atoms with van der Waals surface area (Å²) in [5.74, 6) is -0.960. The van der Waals surface area contributed by atoms with Gasteiger partial charge >= 0.3 is 17.3 Å². The van der Waals surface area contributed by atoms with Crippen molar-refractivity contribution in [3.05, 3.63) is 56.4 Å². The Labute approximate surface area is 101 Å². The molecule has 0 bridgehead atoms.